The number of amides is 1. The SMILES string of the molecule is CC(C)[C@H]1CO[C@]23CCNC[C@H]2CCC(=O)N13. The van der Waals surface area contributed by atoms with Crippen LogP contribution in [-0.2, 0) is 9.53 Å². The summed E-state index contributed by atoms with van der Waals surface area (Å²) in [4.78, 5) is 14.4. The highest BCUT2D eigenvalue weighted by atomic mass is 16.5. The van der Waals surface area contributed by atoms with Crippen LogP contribution in [0.4, 0.5) is 0 Å². The maximum Gasteiger partial charge on any atom is 0.225 e. The minimum absolute atomic E-state index is 0.268. The molecular weight excluding hydrogens is 216 g/mol. The van der Waals surface area contributed by atoms with Gasteiger partial charge in [0.05, 0.1) is 12.6 Å². The van der Waals surface area contributed by atoms with Gasteiger partial charge in [-0.25, -0.2) is 0 Å². The third-order valence-electron chi connectivity index (χ3n) is 4.68. The Hall–Kier alpha value is -0.610. The van der Waals surface area contributed by atoms with Crippen LogP contribution in [0.1, 0.15) is 33.1 Å². The van der Waals surface area contributed by atoms with E-state index >= 15 is 0 Å². The highest BCUT2D eigenvalue weighted by molar-refractivity contribution is 5.78. The summed E-state index contributed by atoms with van der Waals surface area (Å²) < 4.78 is 6.16. The van der Waals surface area contributed by atoms with E-state index in [4.69, 9.17) is 4.74 Å². The van der Waals surface area contributed by atoms with Gasteiger partial charge in [-0.1, -0.05) is 13.8 Å². The minimum atomic E-state index is -0.268. The number of carbonyl (C=O) groups is 1. The van der Waals surface area contributed by atoms with E-state index in [-0.39, 0.29) is 11.8 Å². The van der Waals surface area contributed by atoms with Gasteiger partial charge < -0.3 is 15.0 Å². The molecule has 4 nitrogen and oxygen atoms in total. The van der Waals surface area contributed by atoms with Crippen LogP contribution in [0.3, 0.4) is 0 Å². The maximum atomic E-state index is 12.3. The molecule has 96 valence electrons. The lowest BCUT2D eigenvalue weighted by Crippen LogP contribution is -2.64. The number of nitrogens with one attached hydrogen (secondary N) is 1. The molecule has 0 radical (unpaired) electrons. The second kappa shape index (κ2) is 3.95. The van der Waals surface area contributed by atoms with E-state index in [1.807, 2.05) is 0 Å². The van der Waals surface area contributed by atoms with Crippen molar-refractivity contribution in [2.75, 3.05) is 19.7 Å². The van der Waals surface area contributed by atoms with Crippen LogP contribution in [0.15, 0.2) is 0 Å². The highest BCUT2D eigenvalue weighted by Gasteiger charge is 2.57. The summed E-state index contributed by atoms with van der Waals surface area (Å²) in [6.07, 6.45) is 2.63. The quantitative estimate of drug-likeness (QED) is 0.740. The van der Waals surface area contributed by atoms with E-state index in [2.05, 4.69) is 24.1 Å². The van der Waals surface area contributed by atoms with Gasteiger partial charge in [-0.2, -0.15) is 0 Å². The maximum absolute atomic E-state index is 12.3. The molecular formula is C13H22N2O2. The number of ether oxygens (including phenoxy) is 1. The molecule has 3 aliphatic heterocycles. The number of carbonyl (C=O) groups excluding carboxylic acids is 1. The van der Waals surface area contributed by atoms with Crippen LogP contribution in [0.2, 0.25) is 0 Å². The van der Waals surface area contributed by atoms with Crippen LogP contribution < -0.4 is 5.32 Å². The molecule has 3 rings (SSSR count). The fraction of sp³-hybridized carbons (Fsp3) is 0.923. The monoisotopic (exact) mass is 238 g/mol. The van der Waals surface area contributed by atoms with E-state index in [0.29, 0.717) is 24.2 Å². The lowest BCUT2D eigenvalue weighted by Gasteiger charge is -2.51. The number of hydrogen-bond acceptors (Lipinski definition) is 3. The predicted octanol–water partition coefficient (Wildman–Crippen LogP) is 0.969. The molecule has 0 aromatic carbocycles. The Morgan fingerprint density at radius 3 is 3.12 bits per heavy atom. The first-order valence-electron chi connectivity index (χ1n) is 6.82. The molecule has 0 saturated carbocycles. The van der Waals surface area contributed by atoms with Gasteiger partial charge in [0.25, 0.3) is 0 Å². The Morgan fingerprint density at radius 1 is 1.53 bits per heavy atom. The van der Waals surface area contributed by atoms with Gasteiger partial charge in [0, 0.05) is 25.3 Å². The standard InChI is InChI=1S/C13H22N2O2/c1-9(2)11-8-17-13-5-6-14-7-10(13)3-4-12(16)15(11)13/h9-11,14H,3-8H2,1-2H3/t10-,11-,13-/m1/s1. The van der Waals surface area contributed by atoms with Gasteiger partial charge in [-0.3, -0.25) is 4.79 Å². The normalized spacial score (nSPS) is 41.6. The molecule has 0 aliphatic carbocycles. The molecule has 1 N–H and O–H groups in total. The fourth-order valence-corrected chi connectivity index (χ4v) is 3.70. The zero-order chi connectivity index (χ0) is 12.0. The van der Waals surface area contributed by atoms with Gasteiger partial charge in [0.1, 0.15) is 5.72 Å². The van der Waals surface area contributed by atoms with E-state index in [0.717, 1.165) is 32.5 Å². The molecule has 1 amide bonds. The average molecular weight is 238 g/mol. The second-order valence-corrected chi connectivity index (χ2v) is 5.92. The van der Waals surface area contributed by atoms with E-state index in [9.17, 15) is 4.79 Å². The Morgan fingerprint density at radius 2 is 2.35 bits per heavy atom. The van der Waals surface area contributed by atoms with Gasteiger partial charge in [-0.15, -0.1) is 0 Å². The summed E-state index contributed by atoms with van der Waals surface area (Å²) in [5, 5.41) is 3.43. The summed E-state index contributed by atoms with van der Waals surface area (Å²) in [6, 6.07) is 0.281. The molecule has 1 spiro atoms. The molecule has 3 aliphatic rings. The van der Waals surface area contributed by atoms with Crippen LogP contribution in [0, 0.1) is 11.8 Å². The number of rotatable bonds is 1. The summed E-state index contributed by atoms with van der Waals surface area (Å²) in [5.74, 6) is 1.27. The van der Waals surface area contributed by atoms with Gasteiger partial charge >= 0.3 is 0 Å². The largest absolute Gasteiger partial charge is 0.353 e. The first kappa shape index (κ1) is 11.5. The summed E-state index contributed by atoms with van der Waals surface area (Å²) in [7, 11) is 0. The molecule has 3 fully saturated rings. The zero-order valence-electron chi connectivity index (χ0n) is 10.7. The molecule has 17 heavy (non-hydrogen) atoms. The molecule has 4 heteroatoms. The Labute approximate surface area is 103 Å². The molecule has 3 atom stereocenters. The highest BCUT2D eigenvalue weighted by Crippen LogP contribution is 2.45. The number of piperidine rings is 2. The van der Waals surface area contributed by atoms with Crippen molar-refractivity contribution in [2.45, 2.75) is 44.9 Å². The van der Waals surface area contributed by atoms with E-state index in [1.54, 1.807) is 0 Å². The number of hydrogen-bond donors (Lipinski definition) is 1. The number of nitrogens with zero attached hydrogens (tertiary/aromatic N) is 1. The third-order valence-corrected chi connectivity index (χ3v) is 4.68. The molecule has 3 heterocycles. The van der Waals surface area contributed by atoms with Gasteiger partial charge in [-0.05, 0) is 18.9 Å². The van der Waals surface area contributed by atoms with Crippen molar-refractivity contribution >= 4 is 5.91 Å². The first-order valence-corrected chi connectivity index (χ1v) is 6.82. The zero-order valence-corrected chi connectivity index (χ0v) is 10.7. The fourth-order valence-electron chi connectivity index (χ4n) is 3.70. The van der Waals surface area contributed by atoms with Crippen LogP contribution >= 0.6 is 0 Å². The Balaban J connectivity index is 1.95. The van der Waals surface area contributed by atoms with Crippen LogP contribution in [0.25, 0.3) is 0 Å². The van der Waals surface area contributed by atoms with Crippen molar-refractivity contribution in [2.24, 2.45) is 11.8 Å². The topological polar surface area (TPSA) is 41.6 Å². The summed E-state index contributed by atoms with van der Waals surface area (Å²) >= 11 is 0. The molecule has 0 aromatic rings. The van der Waals surface area contributed by atoms with Crippen molar-refractivity contribution in [1.82, 2.24) is 10.2 Å². The van der Waals surface area contributed by atoms with E-state index < -0.39 is 0 Å². The first-order chi connectivity index (χ1) is 8.15. The van der Waals surface area contributed by atoms with Gasteiger partial charge in [0.2, 0.25) is 5.91 Å². The summed E-state index contributed by atoms with van der Waals surface area (Å²) in [5.41, 5.74) is -0.268. The van der Waals surface area contributed by atoms with E-state index in [1.165, 1.54) is 0 Å². The van der Waals surface area contributed by atoms with Crippen molar-refractivity contribution in [3.8, 4) is 0 Å². The third kappa shape index (κ3) is 1.54. The predicted molar refractivity (Wildman–Crippen MR) is 64.4 cm³/mol. The molecule has 3 saturated heterocycles. The smallest absolute Gasteiger partial charge is 0.225 e. The lowest BCUT2D eigenvalue weighted by molar-refractivity contribution is -0.183. The second-order valence-electron chi connectivity index (χ2n) is 5.92. The minimum Gasteiger partial charge on any atom is -0.353 e. The Kier molecular flexibility index (Phi) is 2.67. The van der Waals surface area contributed by atoms with Crippen molar-refractivity contribution in [3.63, 3.8) is 0 Å². The lowest BCUT2D eigenvalue weighted by atomic mass is 9.80. The van der Waals surface area contributed by atoms with Gasteiger partial charge in [0.15, 0.2) is 0 Å². The average Bonchev–Trinajstić information content (AvgIpc) is 2.69. The van der Waals surface area contributed by atoms with Crippen molar-refractivity contribution in [1.29, 1.82) is 0 Å². The molecule has 0 unspecified atom stereocenters. The van der Waals surface area contributed by atoms with Crippen molar-refractivity contribution in [3.05, 3.63) is 0 Å². The van der Waals surface area contributed by atoms with Crippen LogP contribution in [-0.4, -0.2) is 42.3 Å². The molecule has 0 bridgehead atoms. The Bertz CT molecular complexity index is 331. The van der Waals surface area contributed by atoms with Crippen LogP contribution in [0.5, 0.6) is 0 Å². The van der Waals surface area contributed by atoms with Crippen molar-refractivity contribution < 1.29 is 9.53 Å². The summed E-state index contributed by atoms with van der Waals surface area (Å²) in [6.45, 7) is 7.05. The molecule has 0 aromatic heterocycles.